The Morgan fingerprint density at radius 2 is 1.92 bits per heavy atom. The third-order valence-electron chi connectivity index (χ3n) is 4.34. The molecule has 1 heterocycles. The SMILES string of the molecule is NCCCOc1ccc(CN2C[C@H](Oc3cccc(Cl)c3)[C@@H](O)C2)cc1. The number of β-amino-alcohol motifs (C(OH)–C–C–N with tert-alkyl or cyclic N) is 1. The lowest BCUT2D eigenvalue weighted by Crippen LogP contribution is -2.29. The van der Waals surface area contributed by atoms with Crippen LogP contribution in [0.5, 0.6) is 11.5 Å². The Hall–Kier alpha value is -1.79. The van der Waals surface area contributed by atoms with E-state index in [9.17, 15) is 5.11 Å². The molecule has 3 N–H and O–H groups in total. The number of rotatable bonds is 8. The van der Waals surface area contributed by atoms with Gasteiger partial charge in [0.1, 0.15) is 23.7 Å². The lowest BCUT2D eigenvalue weighted by Gasteiger charge is -2.17. The summed E-state index contributed by atoms with van der Waals surface area (Å²) in [7, 11) is 0. The quantitative estimate of drug-likeness (QED) is 0.693. The maximum atomic E-state index is 10.3. The molecule has 0 aliphatic carbocycles. The number of nitrogens with two attached hydrogens (primary N) is 1. The first kappa shape index (κ1) is 19.0. The van der Waals surface area contributed by atoms with E-state index in [1.54, 1.807) is 12.1 Å². The smallest absolute Gasteiger partial charge is 0.138 e. The Labute approximate surface area is 159 Å². The molecule has 0 amide bonds. The standard InChI is InChI=1S/C20H25ClN2O3/c21-16-3-1-4-18(11-16)26-20-14-23(13-19(20)24)12-15-5-7-17(8-6-15)25-10-2-9-22/h1,3-8,11,19-20,24H,2,9-10,12-14,22H2/t19-,20-/m0/s1. The second kappa shape index (κ2) is 9.24. The van der Waals surface area contributed by atoms with E-state index in [2.05, 4.69) is 17.0 Å². The molecule has 0 spiro atoms. The summed E-state index contributed by atoms with van der Waals surface area (Å²) in [5.41, 5.74) is 6.64. The average Bonchev–Trinajstić information content (AvgIpc) is 2.96. The maximum absolute atomic E-state index is 10.3. The molecule has 0 radical (unpaired) electrons. The van der Waals surface area contributed by atoms with Crippen molar-refractivity contribution in [1.82, 2.24) is 4.90 Å². The van der Waals surface area contributed by atoms with E-state index in [-0.39, 0.29) is 6.10 Å². The van der Waals surface area contributed by atoms with Gasteiger partial charge < -0.3 is 20.3 Å². The van der Waals surface area contributed by atoms with Gasteiger partial charge >= 0.3 is 0 Å². The number of halogens is 1. The molecule has 2 aromatic rings. The highest BCUT2D eigenvalue weighted by molar-refractivity contribution is 6.30. The molecule has 0 unspecified atom stereocenters. The first-order valence-corrected chi connectivity index (χ1v) is 9.26. The van der Waals surface area contributed by atoms with E-state index in [1.165, 1.54) is 5.56 Å². The largest absolute Gasteiger partial charge is 0.494 e. The van der Waals surface area contributed by atoms with Crippen molar-refractivity contribution in [2.24, 2.45) is 5.73 Å². The molecule has 0 saturated carbocycles. The van der Waals surface area contributed by atoms with Crippen LogP contribution in [0.25, 0.3) is 0 Å². The molecule has 1 fully saturated rings. The van der Waals surface area contributed by atoms with Crippen molar-refractivity contribution in [2.75, 3.05) is 26.2 Å². The van der Waals surface area contributed by atoms with Crippen molar-refractivity contribution in [1.29, 1.82) is 0 Å². The monoisotopic (exact) mass is 376 g/mol. The number of aliphatic hydroxyl groups is 1. The van der Waals surface area contributed by atoms with E-state index < -0.39 is 6.10 Å². The average molecular weight is 377 g/mol. The second-order valence-electron chi connectivity index (χ2n) is 6.51. The van der Waals surface area contributed by atoms with Crippen molar-refractivity contribution < 1.29 is 14.6 Å². The van der Waals surface area contributed by atoms with E-state index in [4.69, 9.17) is 26.8 Å². The van der Waals surface area contributed by atoms with Gasteiger partial charge in [0.2, 0.25) is 0 Å². The van der Waals surface area contributed by atoms with Gasteiger partial charge in [0.25, 0.3) is 0 Å². The Kier molecular flexibility index (Phi) is 6.74. The van der Waals surface area contributed by atoms with Crippen molar-refractivity contribution in [2.45, 2.75) is 25.2 Å². The minimum Gasteiger partial charge on any atom is -0.494 e. The molecular weight excluding hydrogens is 352 g/mol. The van der Waals surface area contributed by atoms with Gasteiger partial charge in [-0.15, -0.1) is 0 Å². The summed E-state index contributed by atoms with van der Waals surface area (Å²) in [6, 6.07) is 15.3. The fourth-order valence-corrected chi connectivity index (χ4v) is 3.20. The molecule has 0 bridgehead atoms. The zero-order valence-corrected chi connectivity index (χ0v) is 15.4. The van der Waals surface area contributed by atoms with Crippen LogP contribution < -0.4 is 15.2 Å². The Morgan fingerprint density at radius 3 is 2.65 bits per heavy atom. The molecule has 6 heteroatoms. The third-order valence-corrected chi connectivity index (χ3v) is 4.58. The van der Waals surface area contributed by atoms with Gasteiger partial charge in [0.15, 0.2) is 0 Å². The molecule has 1 saturated heterocycles. The number of hydrogen-bond acceptors (Lipinski definition) is 5. The van der Waals surface area contributed by atoms with Crippen molar-refractivity contribution in [3.05, 3.63) is 59.1 Å². The highest BCUT2D eigenvalue weighted by atomic mass is 35.5. The number of benzene rings is 2. The van der Waals surface area contributed by atoms with Crippen LogP contribution in [0.3, 0.4) is 0 Å². The summed E-state index contributed by atoms with van der Waals surface area (Å²) in [5.74, 6) is 1.54. The van der Waals surface area contributed by atoms with Crippen LogP contribution in [0.15, 0.2) is 48.5 Å². The van der Waals surface area contributed by atoms with Gasteiger partial charge in [-0.25, -0.2) is 0 Å². The molecule has 3 rings (SSSR count). The van der Waals surface area contributed by atoms with E-state index in [0.717, 1.165) is 18.7 Å². The van der Waals surface area contributed by atoms with Gasteiger partial charge in [0, 0.05) is 24.7 Å². The highest BCUT2D eigenvalue weighted by Crippen LogP contribution is 2.23. The normalized spacial score (nSPS) is 20.3. The second-order valence-corrected chi connectivity index (χ2v) is 6.95. The van der Waals surface area contributed by atoms with Crippen LogP contribution in [-0.2, 0) is 6.54 Å². The van der Waals surface area contributed by atoms with Crippen LogP contribution in [0.2, 0.25) is 5.02 Å². The van der Waals surface area contributed by atoms with E-state index in [0.29, 0.717) is 37.0 Å². The Bertz CT molecular complexity index is 696. The molecular formula is C20H25ClN2O3. The Morgan fingerprint density at radius 1 is 1.12 bits per heavy atom. The predicted molar refractivity (Wildman–Crippen MR) is 103 cm³/mol. The number of nitrogens with zero attached hydrogens (tertiary/aromatic N) is 1. The number of likely N-dealkylation sites (tertiary alicyclic amines) is 1. The van der Waals surface area contributed by atoms with Crippen molar-refractivity contribution in [3.8, 4) is 11.5 Å². The van der Waals surface area contributed by atoms with Crippen LogP contribution >= 0.6 is 11.6 Å². The predicted octanol–water partition coefficient (Wildman–Crippen LogP) is 2.69. The van der Waals surface area contributed by atoms with Crippen molar-refractivity contribution in [3.63, 3.8) is 0 Å². The van der Waals surface area contributed by atoms with Gasteiger partial charge in [-0.1, -0.05) is 29.8 Å². The molecule has 1 aliphatic rings. The lowest BCUT2D eigenvalue weighted by atomic mass is 10.2. The molecule has 2 atom stereocenters. The van der Waals surface area contributed by atoms with Crippen LogP contribution in [-0.4, -0.2) is 48.5 Å². The van der Waals surface area contributed by atoms with Gasteiger partial charge in [-0.3, -0.25) is 4.90 Å². The number of hydrogen-bond donors (Lipinski definition) is 2. The highest BCUT2D eigenvalue weighted by Gasteiger charge is 2.32. The summed E-state index contributed by atoms with van der Waals surface area (Å²) in [6.45, 7) is 3.28. The summed E-state index contributed by atoms with van der Waals surface area (Å²) >= 11 is 5.99. The van der Waals surface area contributed by atoms with Crippen LogP contribution in [0.1, 0.15) is 12.0 Å². The molecule has 26 heavy (non-hydrogen) atoms. The third kappa shape index (κ3) is 5.35. The minimum absolute atomic E-state index is 0.257. The first-order chi connectivity index (χ1) is 12.6. The van der Waals surface area contributed by atoms with Crippen LogP contribution in [0, 0.1) is 0 Å². The van der Waals surface area contributed by atoms with E-state index >= 15 is 0 Å². The molecule has 2 aromatic carbocycles. The number of aliphatic hydroxyl groups excluding tert-OH is 1. The summed E-state index contributed by atoms with van der Waals surface area (Å²) < 4.78 is 11.5. The minimum atomic E-state index is -0.521. The van der Waals surface area contributed by atoms with Gasteiger partial charge in [0.05, 0.1) is 6.61 Å². The number of ether oxygens (including phenoxy) is 2. The zero-order chi connectivity index (χ0) is 18.4. The summed E-state index contributed by atoms with van der Waals surface area (Å²) in [6.07, 6.45) is 0.0710. The van der Waals surface area contributed by atoms with Gasteiger partial charge in [-0.05, 0) is 48.9 Å². The molecule has 5 nitrogen and oxygen atoms in total. The first-order valence-electron chi connectivity index (χ1n) is 8.88. The van der Waals surface area contributed by atoms with Crippen LogP contribution in [0.4, 0.5) is 0 Å². The van der Waals surface area contributed by atoms with E-state index in [1.807, 2.05) is 24.3 Å². The Balaban J connectivity index is 1.51. The molecule has 140 valence electrons. The van der Waals surface area contributed by atoms with Gasteiger partial charge in [-0.2, -0.15) is 0 Å². The fraction of sp³-hybridized carbons (Fsp3) is 0.400. The zero-order valence-electron chi connectivity index (χ0n) is 14.7. The maximum Gasteiger partial charge on any atom is 0.138 e. The topological polar surface area (TPSA) is 68.0 Å². The van der Waals surface area contributed by atoms with Crippen molar-refractivity contribution >= 4 is 11.6 Å². The molecule has 1 aliphatic heterocycles. The lowest BCUT2D eigenvalue weighted by molar-refractivity contribution is 0.0737. The fourth-order valence-electron chi connectivity index (χ4n) is 3.02. The summed E-state index contributed by atoms with van der Waals surface area (Å²) in [5, 5.41) is 10.9. The summed E-state index contributed by atoms with van der Waals surface area (Å²) in [4.78, 5) is 2.18. The molecule has 0 aromatic heterocycles.